The van der Waals surface area contributed by atoms with E-state index in [-0.39, 0.29) is 12.0 Å². The fourth-order valence-corrected chi connectivity index (χ4v) is 1.67. The van der Waals surface area contributed by atoms with E-state index in [1.54, 1.807) is 6.92 Å². The maximum Gasteiger partial charge on any atom is 0.323 e. The Labute approximate surface area is 113 Å². The third-order valence-electron chi connectivity index (χ3n) is 2.96. The summed E-state index contributed by atoms with van der Waals surface area (Å²) in [5.41, 5.74) is -1.17. The molecule has 1 aromatic rings. The molecule has 0 fully saturated rings. The summed E-state index contributed by atoms with van der Waals surface area (Å²) in [5.74, 6) is 0.0928. The first kappa shape index (κ1) is 15.6. The normalized spacial score (nSPS) is 15.2. The second-order valence-electron chi connectivity index (χ2n) is 5.99. The molecule has 108 valence electrons. The number of aromatic nitrogens is 2. The summed E-state index contributed by atoms with van der Waals surface area (Å²) in [7, 11) is 0. The van der Waals surface area contributed by atoms with E-state index in [4.69, 9.17) is 4.42 Å². The number of nitrogens with zero attached hydrogens (tertiary/aromatic N) is 2. The molecule has 0 aromatic carbocycles. The van der Waals surface area contributed by atoms with Crippen molar-refractivity contribution in [2.75, 3.05) is 0 Å². The summed E-state index contributed by atoms with van der Waals surface area (Å²) < 4.78 is 5.52. The molecule has 0 radical (unpaired) electrons. The van der Waals surface area contributed by atoms with Gasteiger partial charge in [-0.05, 0) is 13.3 Å². The van der Waals surface area contributed by atoms with E-state index < -0.39 is 11.5 Å². The molecule has 0 aliphatic heterocycles. The van der Waals surface area contributed by atoms with Crippen LogP contribution in [0.1, 0.15) is 59.2 Å². The van der Waals surface area contributed by atoms with Crippen molar-refractivity contribution >= 4 is 5.97 Å². The van der Waals surface area contributed by atoms with Crippen LogP contribution in [-0.2, 0) is 16.8 Å². The van der Waals surface area contributed by atoms with Crippen molar-refractivity contribution in [2.45, 2.75) is 65.0 Å². The van der Waals surface area contributed by atoms with E-state index in [9.17, 15) is 9.90 Å². The Morgan fingerprint density at radius 1 is 1.32 bits per heavy atom. The molecule has 1 unspecified atom stereocenters. The number of nitrogens with one attached hydrogen (secondary N) is 1. The molecular weight excluding hydrogens is 246 g/mol. The molecule has 1 rings (SSSR count). The van der Waals surface area contributed by atoms with Crippen molar-refractivity contribution in [3.05, 3.63) is 11.8 Å². The molecule has 1 aromatic heterocycles. The van der Waals surface area contributed by atoms with Crippen LogP contribution >= 0.6 is 0 Å². The summed E-state index contributed by atoms with van der Waals surface area (Å²) in [6.07, 6.45) is 1.33. The van der Waals surface area contributed by atoms with Crippen molar-refractivity contribution in [3.63, 3.8) is 0 Å². The lowest BCUT2D eigenvalue weighted by Gasteiger charge is -2.24. The zero-order chi connectivity index (χ0) is 14.7. The fraction of sp³-hybridized carbons (Fsp3) is 0.769. The van der Waals surface area contributed by atoms with Gasteiger partial charge in [-0.2, -0.15) is 0 Å². The quantitative estimate of drug-likeness (QED) is 0.822. The largest absolute Gasteiger partial charge is 0.480 e. The Morgan fingerprint density at radius 2 is 1.95 bits per heavy atom. The van der Waals surface area contributed by atoms with Crippen molar-refractivity contribution in [1.29, 1.82) is 0 Å². The van der Waals surface area contributed by atoms with Gasteiger partial charge >= 0.3 is 5.97 Å². The Morgan fingerprint density at radius 3 is 2.37 bits per heavy atom. The monoisotopic (exact) mass is 269 g/mol. The minimum Gasteiger partial charge on any atom is -0.480 e. The summed E-state index contributed by atoms with van der Waals surface area (Å²) in [6.45, 7) is 9.82. The van der Waals surface area contributed by atoms with Gasteiger partial charge in [-0.25, -0.2) is 0 Å². The van der Waals surface area contributed by atoms with Gasteiger partial charge < -0.3 is 9.52 Å². The molecule has 1 atom stereocenters. The first-order chi connectivity index (χ1) is 8.69. The van der Waals surface area contributed by atoms with Crippen LogP contribution in [0.3, 0.4) is 0 Å². The molecule has 0 bridgehead atoms. The van der Waals surface area contributed by atoms with Crippen LogP contribution < -0.4 is 5.32 Å². The predicted octanol–water partition coefficient (Wildman–Crippen LogP) is 2.10. The van der Waals surface area contributed by atoms with Crippen LogP contribution in [0.25, 0.3) is 0 Å². The zero-order valence-electron chi connectivity index (χ0n) is 12.3. The fourth-order valence-electron chi connectivity index (χ4n) is 1.67. The number of aliphatic carboxylic acids is 1. The average molecular weight is 269 g/mol. The summed E-state index contributed by atoms with van der Waals surface area (Å²) in [5, 5.41) is 20.1. The van der Waals surface area contributed by atoms with Gasteiger partial charge in [0, 0.05) is 5.41 Å². The maximum atomic E-state index is 11.3. The van der Waals surface area contributed by atoms with Gasteiger partial charge in [-0.1, -0.05) is 34.1 Å². The second-order valence-corrected chi connectivity index (χ2v) is 5.99. The third-order valence-corrected chi connectivity index (χ3v) is 2.96. The maximum absolute atomic E-state index is 11.3. The number of carbonyl (C=O) groups is 1. The van der Waals surface area contributed by atoms with Gasteiger partial charge in [0.05, 0.1) is 6.54 Å². The SMILES string of the molecule is CCCC(C)(NCc1nnc(C(C)(C)C)o1)C(=O)O. The van der Waals surface area contributed by atoms with E-state index in [1.807, 2.05) is 27.7 Å². The number of carboxylic acid groups (broad SMARTS) is 1. The van der Waals surface area contributed by atoms with Gasteiger partial charge in [-0.3, -0.25) is 10.1 Å². The zero-order valence-corrected chi connectivity index (χ0v) is 12.3. The molecule has 0 aliphatic rings. The topological polar surface area (TPSA) is 88.3 Å². The minimum atomic E-state index is -0.967. The first-order valence-corrected chi connectivity index (χ1v) is 6.50. The van der Waals surface area contributed by atoms with E-state index in [2.05, 4.69) is 15.5 Å². The van der Waals surface area contributed by atoms with Gasteiger partial charge in [-0.15, -0.1) is 10.2 Å². The highest BCUT2D eigenvalue weighted by Gasteiger charge is 2.32. The van der Waals surface area contributed by atoms with E-state index in [0.717, 1.165) is 6.42 Å². The number of hydrogen-bond donors (Lipinski definition) is 2. The van der Waals surface area contributed by atoms with Gasteiger partial charge in [0.15, 0.2) is 0 Å². The molecule has 6 heteroatoms. The number of carboxylic acids is 1. The summed E-state index contributed by atoms with van der Waals surface area (Å²) >= 11 is 0. The molecular formula is C13H23N3O3. The molecule has 2 N–H and O–H groups in total. The molecule has 0 saturated heterocycles. The number of rotatable bonds is 6. The van der Waals surface area contributed by atoms with E-state index >= 15 is 0 Å². The van der Waals surface area contributed by atoms with Crippen LogP contribution in [-0.4, -0.2) is 26.8 Å². The van der Waals surface area contributed by atoms with Crippen LogP contribution in [0.2, 0.25) is 0 Å². The Kier molecular flexibility index (Phi) is 4.68. The standard InChI is InChI=1S/C13H23N3O3/c1-6-7-13(5,11(17)18)14-8-9-15-16-10(19-9)12(2,3)4/h14H,6-8H2,1-5H3,(H,17,18). The Bertz CT molecular complexity index is 437. The third kappa shape index (κ3) is 4.02. The molecule has 0 amide bonds. The minimum absolute atomic E-state index is 0.204. The van der Waals surface area contributed by atoms with Crippen LogP contribution in [0, 0.1) is 0 Å². The molecule has 19 heavy (non-hydrogen) atoms. The molecule has 1 heterocycles. The summed E-state index contributed by atoms with van der Waals surface area (Å²) in [6, 6.07) is 0. The lowest BCUT2D eigenvalue weighted by Crippen LogP contribution is -2.49. The Hall–Kier alpha value is -1.43. The molecule has 0 spiro atoms. The lowest BCUT2D eigenvalue weighted by molar-refractivity contribution is -0.144. The van der Waals surface area contributed by atoms with Gasteiger partial charge in [0.1, 0.15) is 5.54 Å². The Balaban J connectivity index is 2.70. The highest BCUT2D eigenvalue weighted by Crippen LogP contribution is 2.20. The van der Waals surface area contributed by atoms with E-state index in [1.165, 1.54) is 0 Å². The second kappa shape index (κ2) is 5.69. The lowest BCUT2D eigenvalue weighted by atomic mass is 9.96. The number of hydrogen-bond acceptors (Lipinski definition) is 5. The van der Waals surface area contributed by atoms with Crippen molar-refractivity contribution < 1.29 is 14.3 Å². The van der Waals surface area contributed by atoms with Crippen LogP contribution in [0.5, 0.6) is 0 Å². The van der Waals surface area contributed by atoms with Crippen molar-refractivity contribution in [2.24, 2.45) is 0 Å². The first-order valence-electron chi connectivity index (χ1n) is 6.50. The molecule has 0 aliphatic carbocycles. The molecule has 0 saturated carbocycles. The molecule has 6 nitrogen and oxygen atoms in total. The van der Waals surface area contributed by atoms with Crippen LogP contribution in [0.15, 0.2) is 4.42 Å². The van der Waals surface area contributed by atoms with Gasteiger partial charge in [0.25, 0.3) is 0 Å². The highest BCUT2D eigenvalue weighted by atomic mass is 16.4. The van der Waals surface area contributed by atoms with Crippen LogP contribution in [0.4, 0.5) is 0 Å². The predicted molar refractivity (Wildman–Crippen MR) is 70.8 cm³/mol. The average Bonchev–Trinajstić information content (AvgIpc) is 2.75. The van der Waals surface area contributed by atoms with Crippen molar-refractivity contribution in [3.8, 4) is 0 Å². The van der Waals surface area contributed by atoms with Gasteiger partial charge in [0.2, 0.25) is 11.8 Å². The smallest absolute Gasteiger partial charge is 0.323 e. The highest BCUT2D eigenvalue weighted by molar-refractivity contribution is 5.78. The van der Waals surface area contributed by atoms with E-state index in [0.29, 0.717) is 18.2 Å². The summed E-state index contributed by atoms with van der Waals surface area (Å²) in [4.78, 5) is 11.3. The van der Waals surface area contributed by atoms with Crippen molar-refractivity contribution in [1.82, 2.24) is 15.5 Å².